The monoisotopic (exact) mass is 436 g/mol. The molecule has 122 valence electrons. The summed E-state index contributed by atoms with van der Waals surface area (Å²) in [4.78, 5) is 11.0. The Morgan fingerprint density at radius 3 is 2.79 bits per heavy atom. The number of hydrogen-bond donors (Lipinski definition) is 1. The maximum Gasteiger partial charge on any atom is 0.229 e. The summed E-state index contributed by atoms with van der Waals surface area (Å²) in [7, 11) is 0. The van der Waals surface area contributed by atoms with E-state index in [9.17, 15) is 4.39 Å². The van der Waals surface area contributed by atoms with E-state index in [0.717, 1.165) is 40.5 Å². The fraction of sp³-hybridized carbons (Fsp3) is 0.188. The summed E-state index contributed by atoms with van der Waals surface area (Å²) in [5, 5.41) is 7.59. The first-order chi connectivity index (χ1) is 11.7. The number of benzene rings is 1. The van der Waals surface area contributed by atoms with Gasteiger partial charge in [0.05, 0.1) is 0 Å². The number of fused-ring (bicyclic) bond motifs is 1. The molecule has 2 aromatic heterocycles. The molecule has 0 radical (unpaired) electrons. The SMILES string of the molecule is Fc1ccc(Nc2nccc(N3CCCn4nc(I)cc43)n2)cc1. The van der Waals surface area contributed by atoms with Crippen molar-refractivity contribution in [3.63, 3.8) is 0 Å². The zero-order chi connectivity index (χ0) is 16.5. The van der Waals surface area contributed by atoms with Crippen molar-refractivity contribution in [3.8, 4) is 0 Å². The van der Waals surface area contributed by atoms with Gasteiger partial charge >= 0.3 is 0 Å². The lowest BCUT2D eigenvalue weighted by molar-refractivity contribution is 0.538. The molecule has 0 spiro atoms. The highest BCUT2D eigenvalue weighted by Crippen LogP contribution is 2.29. The molecule has 0 atom stereocenters. The van der Waals surface area contributed by atoms with Crippen molar-refractivity contribution < 1.29 is 4.39 Å². The molecule has 0 saturated carbocycles. The molecule has 24 heavy (non-hydrogen) atoms. The molecular weight excluding hydrogens is 422 g/mol. The lowest BCUT2D eigenvalue weighted by Crippen LogP contribution is -2.28. The van der Waals surface area contributed by atoms with Gasteiger partial charge in [-0.2, -0.15) is 10.1 Å². The third kappa shape index (κ3) is 3.05. The van der Waals surface area contributed by atoms with Crippen molar-refractivity contribution in [2.75, 3.05) is 16.8 Å². The summed E-state index contributed by atoms with van der Waals surface area (Å²) < 4.78 is 16.0. The smallest absolute Gasteiger partial charge is 0.229 e. The zero-order valence-corrected chi connectivity index (χ0v) is 14.8. The van der Waals surface area contributed by atoms with Crippen molar-refractivity contribution in [3.05, 3.63) is 52.1 Å². The predicted molar refractivity (Wildman–Crippen MR) is 98.3 cm³/mol. The number of nitrogens with one attached hydrogen (secondary N) is 1. The summed E-state index contributed by atoms with van der Waals surface area (Å²) in [5.74, 6) is 2.06. The van der Waals surface area contributed by atoms with E-state index in [1.807, 2.05) is 10.7 Å². The van der Waals surface area contributed by atoms with Gasteiger partial charge in [0.2, 0.25) is 5.95 Å². The Labute approximate surface area is 151 Å². The number of aromatic nitrogens is 4. The predicted octanol–water partition coefficient (Wildman–Crippen LogP) is 3.70. The van der Waals surface area contributed by atoms with Crippen molar-refractivity contribution in [1.29, 1.82) is 0 Å². The topological polar surface area (TPSA) is 58.9 Å². The van der Waals surface area contributed by atoms with E-state index < -0.39 is 0 Å². The number of rotatable bonds is 3. The maximum atomic E-state index is 13.0. The minimum Gasteiger partial charge on any atom is -0.324 e. The molecule has 0 amide bonds. The number of hydrogen-bond acceptors (Lipinski definition) is 5. The van der Waals surface area contributed by atoms with Gasteiger partial charge < -0.3 is 10.2 Å². The fourth-order valence-electron chi connectivity index (χ4n) is 2.71. The lowest BCUT2D eigenvalue weighted by atomic mass is 10.3. The second kappa shape index (κ2) is 6.34. The first kappa shape index (κ1) is 15.3. The number of anilines is 4. The van der Waals surface area contributed by atoms with Crippen LogP contribution in [-0.2, 0) is 6.54 Å². The third-order valence-corrected chi connectivity index (χ3v) is 4.30. The number of aryl methyl sites for hydroxylation is 1. The molecule has 1 N–H and O–H groups in total. The van der Waals surface area contributed by atoms with Crippen molar-refractivity contribution in [2.45, 2.75) is 13.0 Å². The molecule has 3 aromatic rings. The molecule has 0 aliphatic carbocycles. The second-order valence-electron chi connectivity index (χ2n) is 5.42. The number of halogens is 2. The summed E-state index contributed by atoms with van der Waals surface area (Å²) in [5.41, 5.74) is 0.742. The van der Waals surface area contributed by atoms with E-state index in [-0.39, 0.29) is 5.82 Å². The van der Waals surface area contributed by atoms with Crippen LogP contribution in [0.3, 0.4) is 0 Å². The van der Waals surface area contributed by atoms with Gasteiger partial charge in [0, 0.05) is 31.0 Å². The Morgan fingerprint density at radius 1 is 1.12 bits per heavy atom. The molecule has 1 aliphatic heterocycles. The standard InChI is InChI=1S/C16H14FIN6/c17-11-2-4-12(5-3-11)20-16-19-7-6-14(21-16)23-8-1-9-24-15(23)10-13(18)22-24/h2-7,10H,1,8-9H2,(H,19,20,21). The van der Waals surface area contributed by atoms with Crippen molar-refractivity contribution in [2.24, 2.45) is 0 Å². The van der Waals surface area contributed by atoms with Crippen LogP contribution in [0.1, 0.15) is 6.42 Å². The minimum absolute atomic E-state index is 0.272. The van der Waals surface area contributed by atoms with E-state index in [4.69, 9.17) is 0 Å². The lowest BCUT2D eigenvalue weighted by Gasteiger charge is -2.28. The van der Waals surface area contributed by atoms with Crippen LogP contribution >= 0.6 is 22.6 Å². The molecule has 0 fully saturated rings. The van der Waals surface area contributed by atoms with Crippen molar-refractivity contribution >= 4 is 45.9 Å². The number of nitrogens with zero attached hydrogens (tertiary/aromatic N) is 5. The van der Waals surface area contributed by atoms with Crippen LogP contribution in [0.15, 0.2) is 42.6 Å². The Hall–Kier alpha value is -2.23. The van der Waals surface area contributed by atoms with Crippen molar-refractivity contribution in [1.82, 2.24) is 19.7 Å². The van der Waals surface area contributed by atoms with Crippen LogP contribution < -0.4 is 10.2 Å². The van der Waals surface area contributed by atoms with E-state index in [1.54, 1.807) is 18.3 Å². The first-order valence-corrected chi connectivity index (χ1v) is 8.63. The highest BCUT2D eigenvalue weighted by molar-refractivity contribution is 14.1. The molecule has 6 nitrogen and oxygen atoms in total. The van der Waals surface area contributed by atoms with Gasteiger partial charge in [-0.1, -0.05) is 0 Å². The molecule has 1 aliphatic rings. The van der Waals surface area contributed by atoms with Gasteiger partial charge in [-0.15, -0.1) is 0 Å². The van der Waals surface area contributed by atoms with Crippen LogP contribution in [0.4, 0.5) is 27.7 Å². The normalized spacial score (nSPS) is 13.7. The Morgan fingerprint density at radius 2 is 1.96 bits per heavy atom. The van der Waals surface area contributed by atoms with Crippen LogP contribution in [-0.4, -0.2) is 26.3 Å². The van der Waals surface area contributed by atoms with Gasteiger partial charge in [0.1, 0.15) is 21.2 Å². The van der Waals surface area contributed by atoms with E-state index in [1.165, 1.54) is 12.1 Å². The maximum absolute atomic E-state index is 13.0. The Balaban J connectivity index is 1.62. The van der Waals surface area contributed by atoms with Crippen LogP contribution in [0.25, 0.3) is 0 Å². The molecule has 0 unspecified atom stereocenters. The molecule has 0 bridgehead atoms. The van der Waals surface area contributed by atoms with Gasteiger partial charge in [0.15, 0.2) is 0 Å². The zero-order valence-electron chi connectivity index (χ0n) is 12.7. The average molecular weight is 436 g/mol. The van der Waals surface area contributed by atoms with Gasteiger partial charge in [-0.25, -0.2) is 14.1 Å². The van der Waals surface area contributed by atoms with Crippen LogP contribution in [0.2, 0.25) is 0 Å². The second-order valence-corrected chi connectivity index (χ2v) is 6.53. The molecule has 8 heteroatoms. The van der Waals surface area contributed by atoms with E-state index in [2.05, 4.69) is 53.9 Å². The van der Waals surface area contributed by atoms with Crippen LogP contribution in [0.5, 0.6) is 0 Å². The molecular formula is C16H14FIN6. The summed E-state index contributed by atoms with van der Waals surface area (Å²) >= 11 is 2.22. The van der Waals surface area contributed by atoms with Gasteiger partial charge in [-0.3, -0.25) is 0 Å². The molecule has 4 rings (SSSR count). The fourth-order valence-corrected chi connectivity index (χ4v) is 3.24. The van der Waals surface area contributed by atoms with Crippen LogP contribution in [0, 0.1) is 9.52 Å². The Bertz CT molecular complexity index is 863. The quantitative estimate of drug-likeness (QED) is 0.635. The Kier molecular flexibility index (Phi) is 4.05. The molecule has 3 heterocycles. The van der Waals surface area contributed by atoms with Gasteiger partial charge in [-0.05, 0) is 59.3 Å². The van der Waals surface area contributed by atoms with E-state index in [0.29, 0.717) is 5.95 Å². The summed E-state index contributed by atoms with van der Waals surface area (Å²) in [6.45, 7) is 1.80. The highest BCUT2D eigenvalue weighted by atomic mass is 127. The molecule has 0 saturated heterocycles. The average Bonchev–Trinajstić information content (AvgIpc) is 2.97. The minimum atomic E-state index is -0.272. The molecule has 1 aromatic carbocycles. The largest absolute Gasteiger partial charge is 0.324 e. The highest BCUT2D eigenvalue weighted by Gasteiger charge is 2.21. The van der Waals surface area contributed by atoms with Gasteiger partial charge in [0.25, 0.3) is 0 Å². The summed E-state index contributed by atoms with van der Waals surface area (Å²) in [6, 6.07) is 10.0. The summed E-state index contributed by atoms with van der Waals surface area (Å²) in [6.07, 6.45) is 2.73. The van der Waals surface area contributed by atoms with E-state index >= 15 is 0 Å². The third-order valence-electron chi connectivity index (χ3n) is 3.77. The first-order valence-electron chi connectivity index (χ1n) is 7.55.